The summed E-state index contributed by atoms with van der Waals surface area (Å²) in [5, 5.41) is 15.4. The fourth-order valence-electron chi connectivity index (χ4n) is 1.63. The number of amides is 1. The molecule has 3 N–H and O–H groups in total. The summed E-state index contributed by atoms with van der Waals surface area (Å²) in [7, 11) is 0. The molecule has 1 aromatic carbocycles. The second-order valence-corrected chi connectivity index (χ2v) is 4.64. The molecule has 1 unspecified atom stereocenters. The summed E-state index contributed by atoms with van der Waals surface area (Å²) in [4.78, 5) is 11.3. The second kappa shape index (κ2) is 10.4. The van der Waals surface area contributed by atoms with E-state index in [-0.39, 0.29) is 19.1 Å². The second-order valence-electron chi connectivity index (χ2n) is 4.64. The van der Waals surface area contributed by atoms with Gasteiger partial charge in [-0.05, 0) is 12.0 Å². The number of ether oxygens (including phenoxy) is 1. The topological polar surface area (TPSA) is 70.6 Å². The van der Waals surface area contributed by atoms with Gasteiger partial charge in [0.1, 0.15) is 0 Å². The predicted octanol–water partition coefficient (Wildman–Crippen LogP) is 0.680. The molecule has 0 aliphatic rings. The molecule has 0 spiro atoms. The van der Waals surface area contributed by atoms with Gasteiger partial charge in [-0.1, -0.05) is 37.3 Å². The van der Waals surface area contributed by atoms with Crippen LogP contribution in [0.1, 0.15) is 18.9 Å². The molecular weight excluding hydrogens is 256 g/mol. The van der Waals surface area contributed by atoms with Gasteiger partial charge in [-0.2, -0.15) is 0 Å². The molecule has 1 aromatic rings. The Labute approximate surface area is 120 Å². The summed E-state index contributed by atoms with van der Waals surface area (Å²) >= 11 is 0. The summed E-state index contributed by atoms with van der Waals surface area (Å²) in [6.07, 6.45) is 0.305. The normalized spacial score (nSPS) is 12.1. The first-order chi connectivity index (χ1) is 9.72. The minimum atomic E-state index is -0.613. The molecule has 0 saturated carbocycles. The molecule has 1 atom stereocenters. The Morgan fingerprint density at radius 3 is 2.80 bits per heavy atom. The molecule has 0 radical (unpaired) electrons. The lowest BCUT2D eigenvalue weighted by atomic mass is 10.2. The van der Waals surface area contributed by atoms with Crippen molar-refractivity contribution >= 4 is 5.91 Å². The van der Waals surface area contributed by atoms with E-state index in [1.807, 2.05) is 37.3 Å². The van der Waals surface area contributed by atoms with E-state index in [1.54, 1.807) is 0 Å². The molecule has 5 nitrogen and oxygen atoms in total. The molecule has 0 saturated heterocycles. The highest BCUT2D eigenvalue weighted by Crippen LogP contribution is 2.00. The quantitative estimate of drug-likeness (QED) is 0.589. The van der Waals surface area contributed by atoms with Crippen LogP contribution in [-0.2, 0) is 16.1 Å². The lowest BCUT2D eigenvalue weighted by Crippen LogP contribution is -2.38. The van der Waals surface area contributed by atoms with Gasteiger partial charge in [-0.3, -0.25) is 4.79 Å². The zero-order chi connectivity index (χ0) is 14.6. The van der Waals surface area contributed by atoms with Gasteiger partial charge in [-0.25, -0.2) is 0 Å². The molecule has 0 aliphatic heterocycles. The zero-order valence-corrected chi connectivity index (χ0v) is 12.0. The van der Waals surface area contributed by atoms with Crippen LogP contribution in [0.25, 0.3) is 0 Å². The fraction of sp³-hybridized carbons (Fsp3) is 0.533. The van der Waals surface area contributed by atoms with E-state index < -0.39 is 6.10 Å². The van der Waals surface area contributed by atoms with E-state index in [2.05, 4.69) is 10.6 Å². The molecule has 1 rings (SSSR count). The van der Waals surface area contributed by atoms with E-state index in [9.17, 15) is 9.90 Å². The van der Waals surface area contributed by atoms with Crippen molar-refractivity contribution < 1.29 is 14.6 Å². The van der Waals surface area contributed by atoms with Crippen LogP contribution < -0.4 is 10.6 Å². The van der Waals surface area contributed by atoms with Crippen molar-refractivity contribution in [1.29, 1.82) is 0 Å². The van der Waals surface area contributed by atoms with Crippen LogP contribution in [0.15, 0.2) is 30.3 Å². The van der Waals surface area contributed by atoms with E-state index in [0.717, 1.165) is 12.0 Å². The minimum absolute atomic E-state index is 0.0516. The maximum absolute atomic E-state index is 11.3. The van der Waals surface area contributed by atoms with Crippen molar-refractivity contribution in [3.05, 3.63) is 35.9 Å². The third-order valence-corrected chi connectivity index (χ3v) is 2.66. The monoisotopic (exact) mass is 280 g/mol. The van der Waals surface area contributed by atoms with Crippen molar-refractivity contribution in [1.82, 2.24) is 10.6 Å². The van der Waals surface area contributed by atoms with E-state index >= 15 is 0 Å². The Balaban J connectivity index is 2.03. The van der Waals surface area contributed by atoms with Crippen LogP contribution in [0, 0.1) is 0 Å². The maximum atomic E-state index is 11.3. The van der Waals surface area contributed by atoms with Crippen molar-refractivity contribution in [3.8, 4) is 0 Å². The van der Waals surface area contributed by atoms with Crippen molar-refractivity contribution in [2.75, 3.05) is 26.2 Å². The Morgan fingerprint density at radius 1 is 1.35 bits per heavy atom. The number of hydrogen-bond acceptors (Lipinski definition) is 4. The zero-order valence-electron chi connectivity index (χ0n) is 12.0. The van der Waals surface area contributed by atoms with E-state index in [4.69, 9.17) is 4.74 Å². The van der Waals surface area contributed by atoms with Crippen LogP contribution in [0.4, 0.5) is 0 Å². The molecule has 0 heterocycles. The smallest absolute Gasteiger partial charge is 0.233 e. The summed E-state index contributed by atoms with van der Waals surface area (Å²) in [5.74, 6) is -0.0516. The van der Waals surface area contributed by atoms with Gasteiger partial charge >= 0.3 is 0 Å². The number of carbonyl (C=O) groups excluding carboxylic acids is 1. The van der Waals surface area contributed by atoms with Gasteiger partial charge in [0.25, 0.3) is 0 Å². The van der Waals surface area contributed by atoms with Gasteiger partial charge in [0, 0.05) is 13.1 Å². The summed E-state index contributed by atoms with van der Waals surface area (Å²) in [6.45, 7) is 3.97. The molecule has 20 heavy (non-hydrogen) atoms. The average molecular weight is 280 g/mol. The van der Waals surface area contributed by atoms with Crippen LogP contribution in [0.3, 0.4) is 0 Å². The highest BCUT2D eigenvalue weighted by Gasteiger charge is 2.05. The van der Waals surface area contributed by atoms with Gasteiger partial charge in [-0.15, -0.1) is 0 Å². The first kappa shape index (κ1) is 16.6. The first-order valence-corrected chi connectivity index (χ1v) is 6.99. The molecule has 0 fully saturated rings. The van der Waals surface area contributed by atoms with Crippen LogP contribution in [0.5, 0.6) is 0 Å². The lowest BCUT2D eigenvalue weighted by Gasteiger charge is -2.12. The predicted molar refractivity (Wildman–Crippen MR) is 78.3 cm³/mol. The van der Waals surface area contributed by atoms with Crippen molar-refractivity contribution in [2.24, 2.45) is 0 Å². The van der Waals surface area contributed by atoms with Gasteiger partial charge in [0.2, 0.25) is 5.91 Å². The van der Waals surface area contributed by atoms with Crippen LogP contribution >= 0.6 is 0 Å². The molecule has 0 bridgehead atoms. The van der Waals surface area contributed by atoms with Crippen LogP contribution in [0.2, 0.25) is 0 Å². The Bertz CT molecular complexity index is 371. The SMILES string of the molecule is CCCNC(=O)CNCC(O)COCc1ccccc1. The number of rotatable bonds is 10. The Morgan fingerprint density at radius 2 is 2.10 bits per heavy atom. The molecule has 5 heteroatoms. The van der Waals surface area contributed by atoms with Gasteiger partial charge < -0.3 is 20.5 Å². The number of benzene rings is 1. The van der Waals surface area contributed by atoms with E-state index in [1.165, 1.54) is 0 Å². The Kier molecular flexibility index (Phi) is 8.62. The third kappa shape index (κ3) is 7.89. The minimum Gasteiger partial charge on any atom is -0.389 e. The highest BCUT2D eigenvalue weighted by atomic mass is 16.5. The summed E-state index contributed by atoms with van der Waals surface area (Å²) < 4.78 is 5.41. The van der Waals surface area contributed by atoms with Crippen molar-refractivity contribution in [3.63, 3.8) is 0 Å². The number of hydrogen-bond donors (Lipinski definition) is 3. The van der Waals surface area contributed by atoms with Crippen molar-refractivity contribution in [2.45, 2.75) is 26.1 Å². The van der Waals surface area contributed by atoms with Gasteiger partial charge in [0.05, 0.1) is 25.9 Å². The van der Waals surface area contributed by atoms with E-state index in [0.29, 0.717) is 19.7 Å². The number of aliphatic hydroxyl groups is 1. The maximum Gasteiger partial charge on any atom is 0.233 e. The van der Waals surface area contributed by atoms with Gasteiger partial charge in [0.15, 0.2) is 0 Å². The standard InChI is InChI=1S/C15H24N2O3/c1-2-8-17-15(19)10-16-9-14(18)12-20-11-13-6-4-3-5-7-13/h3-7,14,16,18H,2,8-12H2,1H3,(H,17,19). The molecule has 0 aliphatic carbocycles. The number of aliphatic hydroxyl groups excluding tert-OH is 1. The van der Waals surface area contributed by atoms with Crippen LogP contribution in [-0.4, -0.2) is 43.4 Å². The molecular formula is C15H24N2O3. The average Bonchev–Trinajstić information content (AvgIpc) is 2.46. The molecule has 0 aromatic heterocycles. The highest BCUT2D eigenvalue weighted by molar-refractivity contribution is 5.77. The summed E-state index contributed by atoms with van der Waals surface area (Å²) in [6, 6.07) is 9.80. The third-order valence-electron chi connectivity index (χ3n) is 2.66. The molecule has 112 valence electrons. The first-order valence-electron chi connectivity index (χ1n) is 6.99. The number of nitrogens with one attached hydrogen (secondary N) is 2. The lowest BCUT2D eigenvalue weighted by molar-refractivity contribution is -0.120. The fourth-order valence-corrected chi connectivity index (χ4v) is 1.63. The number of carbonyl (C=O) groups is 1. The largest absolute Gasteiger partial charge is 0.389 e. The summed E-state index contributed by atoms with van der Waals surface area (Å²) in [5.41, 5.74) is 1.08. The Hall–Kier alpha value is -1.43. The molecule has 1 amide bonds.